The first-order chi connectivity index (χ1) is 14.2. The highest BCUT2D eigenvalue weighted by Gasteiger charge is 2.36. The maximum absolute atomic E-state index is 12.9. The molecule has 3 N–H and O–H groups in total. The van der Waals surface area contributed by atoms with E-state index in [4.69, 9.17) is 10.5 Å². The van der Waals surface area contributed by atoms with Crippen LogP contribution >= 0.6 is 11.5 Å². The molecule has 1 atom stereocenters. The average molecular weight is 447 g/mol. The minimum Gasteiger partial charge on any atom is -0.497 e. The van der Waals surface area contributed by atoms with Gasteiger partial charge in [0.05, 0.1) is 12.0 Å². The summed E-state index contributed by atoms with van der Waals surface area (Å²) in [5.41, 5.74) is 8.54. The summed E-state index contributed by atoms with van der Waals surface area (Å²) in [4.78, 5) is 3.22. The molecule has 3 rings (SSSR count). The summed E-state index contributed by atoms with van der Waals surface area (Å²) in [5, 5.41) is 3.79. The Balaban J connectivity index is 1.58. The monoisotopic (exact) mass is 446 g/mol. The summed E-state index contributed by atoms with van der Waals surface area (Å²) in [6, 6.07) is 14.5. The summed E-state index contributed by atoms with van der Waals surface area (Å²) in [6.45, 7) is 3.94. The third-order valence-corrected chi connectivity index (χ3v) is 7.87. The third-order valence-electron chi connectivity index (χ3n) is 4.83. The molecule has 160 valence electrons. The molecule has 0 aliphatic rings. The van der Waals surface area contributed by atoms with Crippen LogP contribution in [0.15, 0.2) is 53.4 Å². The van der Waals surface area contributed by atoms with Gasteiger partial charge in [-0.1, -0.05) is 29.8 Å². The van der Waals surface area contributed by atoms with E-state index in [1.807, 2.05) is 6.92 Å². The number of hydrogen-bond donors (Lipinski definition) is 2. The lowest BCUT2D eigenvalue weighted by Gasteiger charge is -2.25. The van der Waals surface area contributed by atoms with E-state index in [-0.39, 0.29) is 11.3 Å². The van der Waals surface area contributed by atoms with E-state index < -0.39 is 14.7 Å². The first-order valence-corrected chi connectivity index (χ1v) is 11.8. The standard InChI is InChI=1S/C21H26N4O3S2/c1-15-4-6-16(7-5-15)14-19-24-20(29-25-19)23-13-12-21(2,22)30(26,27)18-10-8-17(28-3)9-11-18/h4-11H,12-14,22H2,1-3H3,(H,23,24,25). The van der Waals surface area contributed by atoms with Crippen LogP contribution in [-0.2, 0) is 16.3 Å². The Morgan fingerprint density at radius 1 is 1.13 bits per heavy atom. The van der Waals surface area contributed by atoms with E-state index in [1.54, 1.807) is 12.1 Å². The number of aromatic nitrogens is 2. The van der Waals surface area contributed by atoms with Gasteiger partial charge in [0.1, 0.15) is 16.4 Å². The molecule has 30 heavy (non-hydrogen) atoms. The van der Waals surface area contributed by atoms with Crippen LogP contribution < -0.4 is 15.8 Å². The Labute approximate surface area is 181 Å². The number of nitrogens with two attached hydrogens (primary N) is 1. The van der Waals surface area contributed by atoms with Gasteiger partial charge in [-0.3, -0.25) is 0 Å². The lowest BCUT2D eigenvalue weighted by molar-refractivity contribution is 0.414. The number of aryl methyl sites for hydroxylation is 1. The van der Waals surface area contributed by atoms with Crippen molar-refractivity contribution in [3.63, 3.8) is 0 Å². The second-order valence-electron chi connectivity index (χ2n) is 7.35. The van der Waals surface area contributed by atoms with Crippen LogP contribution in [0.2, 0.25) is 0 Å². The van der Waals surface area contributed by atoms with Crippen molar-refractivity contribution in [3.8, 4) is 5.75 Å². The minimum absolute atomic E-state index is 0.171. The summed E-state index contributed by atoms with van der Waals surface area (Å²) in [7, 11) is -2.18. The number of rotatable bonds is 9. The normalized spacial score (nSPS) is 13.6. The molecule has 0 aliphatic carbocycles. The summed E-state index contributed by atoms with van der Waals surface area (Å²) < 4.78 is 35.3. The van der Waals surface area contributed by atoms with E-state index in [0.717, 1.165) is 11.4 Å². The van der Waals surface area contributed by atoms with Crippen LogP contribution in [0.4, 0.5) is 5.13 Å². The molecule has 0 fully saturated rings. The van der Waals surface area contributed by atoms with Crippen LogP contribution in [-0.4, -0.2) is 36.3 Å². The molecule has 0 amide bonds. The Bertz CT molecular complexity index is 1080. The molecule has 0 aliphatic heterocycles. The van der Waals surface area contributed by atoms with E-state index in [1.165, 1.54) is 43.3 Å². The van der Waals surface area contributed by atoms with Gasteiger partial charge in [-0.05, 0) is 50.1 Å². The molecule has 0 saturated heterocycles. The Hall–Kier alpha value is -2.49. The second kappa shape index (κ2) is 9.11. The van der Waals surface area contributed by atoms with Crippen molar-refractivity contribution in [2.75, 3.05) is 19.0 Å². The SMILES string of the molecule is COc1ccc(S(=O)(=O)C(C)(N)CCNc2nc(Cc3ccc(C)cc3)ns2)cc1. The highest BCUT2D eigenvalue weighted by molar-refractivity contribution is 7.92. The molecule has 0 radical (unpaired) electrons. The maximum Gasteiger partial charge on any atom is 0.202 e. The first-order valence-electron chi connectivity index (χ1n) is 9.51. The van der Waals surface area contributed by atoms with Gasteiger partial charge < -0.3 is 15.8 Å². The molecule has 1 aromatic heterocycles. The highest BCUT2D eigenvalue weighted by atomic mass is 32.2. The van der Waals surface area contributed by atoms with Crippen molar-refractivity contribution in [1.29, 1.82) is 0 Å². The molecule has 7 nitrogen and oxygen atoms in total. The van der Waals surface area contributed by atoms with Gasteiger partial charge >= 0.3 is 0 Å². The Morgan fingerprint density at radius 2 is 1.80 bits per heavy atom. The molecule has 3 aromatic rings. The molecule has 2 aromatic carbocycles. The predicted molar refractivity (Wildman–Crippen MR) is 120 cm³/mol. The first kappa shape index (κ1) is 22.2. The van der Waals surface area contributed by atoms with E-state index in [0.29, 0.717) is 23.8 Å². The van der Waals surface area contributed by atoms with Gasteiger partial charge in [0.15, 0.2) is 9.84 Å². The number of hydrogen-bond acceptors (Lipinski definition) is 8. The van der Waals surface area contributed by atoms with E-state index in [2.05, 4.69) is 38.9 Å². The van der Waals surface area contributed by atoms with Gasteiger partial charge in [0.25, 0.3) is 0 Å². The fraction of sp³-hybridized carbons (Fsp3) is 0.333. The van der Waals surface area contributed by atoms with Crippen molar-refractivity contribution in [2.45, 2.75) is 36.5 Å². The number of anilines is 1. The number of ether oxygens (including phenoxy) is 1. The summed E-state index contributed by atoms with van der Waals surface area (Å²) in [5.74, 6) is 1.32. The van der Waals surface area contributed by atoms with Gasteiger partial charge in [-0.25, -0.2) is 13.4 Å². The maximum atomic E-state index is 12.9. The third kappa shape index (κ3) is 5.16. The topological polar surface area (TPSA) is 107 Å². The molecule has 9 heteroatoms. The van der Waals surface area contributed by atoms with E-state index >= 15 is 0 Å². The van der Waals surface area contributed by atoms with Crippen molar-refractivity contribution >= 4 is 26.5 Å². The summed E-state index contributed by atoms with van der Waals surface area (Å²) >= 11 is 1.25. The zero-order valence-electron chi connectivity index (χ0n) is 17.3. The van der Waals surface area contributed by atoms with Crippen LogP contribution in [0.5, 0.6) is 5.75 Å². The Morgan fingerprint density at radius 3 is 2.43 bits per heavy atom. The van der Waals surface area contributed by atoms with Crippen LogP contribution in [0.25, 0.3) is 0 Å². The van der Waals surface area contributed by atoms with Crippen LogP contribution in [0.1, 0.15) is 30.3 Å². The summed E-state index contributed by atoms with van der Waals surface area (Å²) in [6.07, 6.45) is 0.868. The number of benzene rings is 2. The average Bonchev–Trinajstić information content (AvgIpc) is 3.16. The molecular weight excluding hydrogens is 420 g/mol. The van der Waals surface area contributed by atoms with Gasteiger partial charge in [0, 0.05) is 24.5 Å². The minimum atomic E-state index is -3.71. The smallest absolute Gasteiger partial charge is 0.202 e. The number of sulfone groups is 1. The van der Waals surface area contributed by atoms with Crippen molar-refractivity contribution < 1.29 is 13.2 Å². The van der Waals surface area contributed by atoms with Crippen molar-refractivity contribution in [3.05, 3.63) is 65.5 Å². The van der Waals surface area contributed by atoms with Crippen LogP contribution in [0, 0.1) is 6.92 Å². The quantitative estimate of drug-likeness (QED) is 0.519. The van der Waals surface area contributed by atoms with Crippen LogP contribution in [0.3, 0.4) is 0 Å². The highest BCUT2D eigenvalue weighted by Crippen LogP contribution is 2.26. The Kier molecular flexibility index (Phi) is 6.74. The van der Waals surface area contributed by atoms with Gasteiger partial charge in [-0.15, -0.1) is 0 Å². The molecule has 0 bridgehead atoms. The zero-order chi connectivity index (χ0) is 21.8. The lowest BCUT2D eigenvalue weighted by atomic mass is 10.1. The second-order valence-corrected chi connectivity index (χ2v) is 10.5. The molecule has 1 unspecified atom stereocenters. The fourth-order valence-corrected chi connectivity index (χ4v) is 4.88. The zero-order valence-corrected chi connectivity index (χ0v) is 18.9. The van der Waals surface area contributed by atoms with Crippen molar-refractivity contribution in [2.24, 2.45) is 5.73 Å². The molecular formula is C21H26N4O3S2. The molecule has 1 heterocycles. The van der Waals surface area contributed by atoms with E-state index in [9.17, 15) is 8.42 Å². The lowest BCUT2D eigenvalue weighted by Crippen LogP contribution is -2.46. The largest absolute Gasteiger partial charge is 0.497 e. The predicted octanol–water partition coefficient (Wildman–Crippen LogP) is 3.40. The van der Waals surface area contributed by atoms with Crippen molar-refractivity contribution in [1.82, 2.24) is 9.36 Å². The van der Waals surface area contributed by atoms with Gasteiger partial charge in [-0.2, -0.15) is 4.37 Å². The molecule has 0 spiro atoms. The van der Waals surface area contributed by atoms with Gasteiger partial charge in [0.2, 0.25) is 5.13 Å². The number of nitrogens with zero attached hydrogens (tertiary/aromatic N) is 2. The fourth-order valence-electron chi connectivity index (χ4n) is 2.86. The number of nitrogens with one attached hydrogen (secondary N) is 1. The number of methoxy groups -OCH3 is 1. The molecule has 0 saturated carbocycles.